The zero-order chi connectivity index (χ0) is 24.8. The minimum Gasteiger partial charge on any atom is -0.385 e. The van der Waals surface area contributed by atoms with E-state index in [1.165, 1.54) is 0 Å². The summed E-state index contributed by atoms with van der Waals surface area (Å²) in [6.07, 6.45) is 0.628. The Morgan fingerprint density at radius 1 is 1.15 bits per heavy atom. The van der Waals surface area contributed by atoms with Gasteiger partial charge in [-0.15, -0.1) is 11.6 Å². The largest absolute Gasteiger partial charge is 0.385 e. The smallest absolute Gasteiger partial charge is 0.245 e. The first-order valence-electron chi connectivity index (χ1n) is 11.2. The van der Waals surface area contributed by atoms with Crippen LogP contribution in [-0.4, -0.2) is 59.2 Å². The van der Waals surface area contributed by atoms with Crippen molar-refractivity contribution in [2.24, 2.45) is 5.41 Å². The third-order valence-electron chi connectivity index (χ3n) is 5.34. The third kappa shape index (κ3) is 7.30. The van der Waals surface area contributed by atoms with E-state index in [0.29, 0.717) is 25.4 Å². The van der Waals surface area contributed by atoms with Crippen molar-refractivity contribution in [1.29, 1.82) is 0 Å². The van der Waals surface area contributed by atoms with Crippen LogP contribution in [0, 0.1) is 12.3 Å². The van der Waals surface area contributed by atoms with Crippen molar-refractivity contribution in [3.8, 4) is 5.69 Å². The lowest BCUT2D eigenvalue weighted by atomic mass is 9.92. The number of alkyl halides is 1. The Morgan fingerprint density at radius 3 is 2.33 bits per heavy atom. The van der Waals surface area contributed by atoms with Crippen molar-refractivity contribution in [1.82, 2.24) is 14.7 Å². The topological polar surface area (TPSA) is 76.5 Å². The molecule has 0 saturated carbocycles. The number of carbonyl (C=O) groups excluding carboxylic acids is 2. The molecule has 182 valence electrons. The molecular weight excluding hydrogens is 440 g/mol. The van der Waals surface area contributed by atoms with Gasteiger partial charge in [-0.05, 0) is 39.3 Å². The quantitative estimate of drug-likeness (QED) is 0.403. The van der Waals surface area contributed by atoms with Gasteiger partial charge in [0.25, 0.3) is 0 Å². The maximum atomic E-state index is 13.1. The molecule has 0 radical (unpaired) electrons. The predicted octanol–water partition coefficient (Wildman–Crippen LogP) is 4.55. The zero-order valence-electron chi connectivity index (χ0n) is 20.9. The molecule has 0 aliphatic heterocycles. The maximum Gasteiger partial charge on any atom is 0.245 e. The van der Waals surface area contributed by atoms with Gasteiger partial charge >= 0.3 is 0 Å². The van der Waals surface area contributed by atoms with Crippen molar-refractivity contribution < 1.29 is 14.3 Å². The molecule has 0 unspecified atom stereocenters. The second-order valence-electron chi connectivity index (χ2n) is 10.1. The molecule has 1 heterocycles. The number of aromatic nitrogens is 2. The molecule has 1 aromatic heterocycles. The number of carbonyl (C=O) groups is 2. The first kappa shape index (κ1) is 26.9. The summed E-state index contributed by atoms with van der Waals surface area (Å²) in [6, 6.07) is 9.83. The molecule has 1 aromatic carbocycles. The molecule has 2 rings (SSSR count). The number of aryl methyl sites for hydroxylation is 1. The number of hydrogen-bond donors (Lipinski definition) is 1. The lowest BCUT2D eigenvalue weighted by Gasteiger charge is -2.30. The summed E-state index contributed by atoms with van der Waals surface area (Å²) in [6.45, 7) is 12.6. The summed E-state index contributed by atoms with van der Waals surface area (Å²) in [7, 11) is 1.61. The molecule has 0 saturated heterocycles. The van der Waals surface area contributed by atoms with Gasteiger partial charge < -0.3 is 15.0 Å². The first-order valence-corrected chi connectivity index (χ1v) is 11.7. The van der Waals surface area contributed by atoms with Gasteiger partial charge in [-0.25, -0.2) is 4.68 Å². The van der Waals surface area contributed by atoms with Crippen LogP contribution in [0.15, 0.2) is 30.3 Å². The zero-order valence-corrected chi connectivity index (χ0v) is 21.6. The number of ether oxygens (including phenoxy) is 1. The van der Waals surface area contributed by atoms with E-state index in [0.717, 1.165) is 16.9 Å². The highest BCUT2D eigenvalue weighted by atomic mass is 35.5. The third-order valence-corrected chi connectivity index (χ3v) is 6.00. The Kier molecular flexibility index (Phi) is 9.09. The van der Waals surface area contributed by atoms with Crippen LogP contribution in [0.4, 0.5) is 5.82 Å². The van der Waals surface area contributed by atoms with Crippen molar-refractivity contribution in [3.05, 3.63) is 41.6 Å². The molecule has 0 aliphatic carbocycles. The van der Waals surface area contributed by atoms with E-state index in [9.17, 15) is 9.59 Å². The normalized spacial score (nSPS) is 12.0. The number of nitrogens with zero attached hydrogens (tertiary/aromatic N) is 3. The second kappa shape index (κ2) is 11.2. The molecule has 0 atom stereocenters. The van der Waals surface area contributed by atoms with Gasteiger partial charge in [-0.3, -0.25) is 9.59 Å². The highest BCUT2D eigenvalue weighted by Crippen LogP contribution is 2.27. The van der Waals surface area contributed by atoms with Crippen LogP contribution in [0.1, 0.15) is 52.3 Å². The van der Waals surface area contributed by atoms with Gasteiger partial charge in [0.1, 0.15) is 5.82 Å². The summed E-state index contributed by atoms with van der Waals surface area (Å²) in [4.78, 5) is 27.6. The SMILES string of the molecule is COCCCN(CC(=O)Nc1cc(C(C)(C)C)nn1-c1ccc(C)cc1)C(=O)C(C)(C)CCl. The van der Waals surface area contributed by atoms with Gasteiger partial charge in [0.2, 0.25) is 11.8 Å². The van der Waals surface area contributed by atoms with E-state index in [4.69, 9.17) is 21.4 Å². The van der Waals surface area contributed by atoms with E-state index >= 15 is 0 Å². The fraction of sp³-hybridized carbons (Fsp3) is 0.560. The minimum atomic E-state index is -0.766. The summed E-state index contributed by atoms with van der Waals surface area (Å²) in [5, 5.41) is 7.71. The van der Waals surface area contributed by atoms with Crippen LogP contribution in [0.2, 0.25) is 0 Å². The monoisotopic (exact) mass is 476 g/mol. The lowest BCUT2D eigenvalue weighted by Crippen LogP contribution is -2.46. The van der Waals surface area contributed by atoms with Crippen LogP contribution in [0.5, 0.6) is 0 Å². The number of rotatable bonds is 10. The Labute approximate surface area is 202 Å². The average molecular weight is 477 g/mol. The van der Waals surface area contributed by atoms with Crippen LogP contribution < -0.4 is 5.32 Å². The molecule has 0 bridgehead atoms. The standard InChI is InChI=1S/C25H37ClN4O3/c1-18-9-11-19(12-10-18)30-21(15-20(28-30)24(2,3)4)27-22(31)16-29(13-8-14-33-7)23(32)25(5,6)17-26/h9-12,15H,8,13-14,16-17H2,1-7H3,(H,27,31). The molecule has 2 amide bonds. The fourth-order valence-electron chi connectivity index (χ4n) is 3.21. The number of methoxy groups -OCH3 is 1. The minimum absolute atomic E-state index is 0.0766. The van der Waals surface area contributed by atoms with Crippen LogP contribution >= 0.6 is 11.6 Å². The van der Waals surface area contributed by atoms with Crippen molar-refractivity contribution in [2.45, 2.75) is 53.4 Å². The number of nitrogens with one attached hydrogen (secondary N) is 1. The molecule has 33 heavy (non-hydrogen) atoms. The highest BCUT2D eigenvalue weighted by molar-refractivity contribution is 6.19. The summed E-state index contributed by atoms with van der Waals surface area (Å²) in [5.74, 6) is 0.282. The van der Waals surface area contributed by atoms with Gasteiger partial charge in [0.15, 0.2) is 0 Å². The van der Waals surface area contributed by atoms with Crippen LogP contribution in [0.25, 0.3) is 5.69 Å². The Balaban J connectivity index is 2.29. The molecular formula is C25H37ClN4O3. The number of amides is 2. The van der Waals surface area contributed by atoms with Gasteiger partial charge in [0.05, 0.1) is 23.3 Å². The number of halogens is 1. The van der Waals surface area contributed by atoms with E-state index in [-0.39, 0.29) is 29.7 Å². The van der Waals surface area contributed by atoms with Crippen molar-refractivity contribution in [2.75, 3.05) is 38.0 Å². The van der Waals surface area contributed by atoms with E-state index < -0.39 is 5.41 Å². The van der Waals surface area contributed by atoms with E-state index in [1.54, 1.807) is 30.5 Å². The predicted molar refractivity (Wildman–Crippen MR) is 133 cm³/mol. The van der Waals surface area contributed by atoms with Crippen molar-refractivity contribution in [3.63, 3.8) is 0 Å². The highest BCUT2D eigenvalue weighted by Gasteiger charge is 2.32. The average Bonchev–Trinajstić information content (AvgIpc) is 3.17. The Hall–Kier alpha value is -2.38. The summed E-state index contributed by atoms with van der Waals surface area (Å²) < 4.78 is 6.85. The summed E-state index contributed by atoms with van der Waals surface area (Å²) >= 11 is 6.02. The first-order chi connectivity index (χ1) is 15.4. The molecule has 1 N–H and O–H groups in total. The molecule has 7 nitrogen and oxygen atoms in total. The van der Waals surface area contributed by atoms with Gasteiger partial charge in [-0.2, -0.15) is 5.10 Å². The fourth-order valence-corrected chi connectivity index (χ4v) is 3.33. The lowest BCUT2D eigenvalue weighted by molar-refractivity contribution is -0.141. The second-order valence-corrected chi connectivity index (χ2v) is 10.3. The van der Waals surface area contributed by atoms with Crippen molar-refractivity contribution >= 4 is 29.2 Å². The molecule has 2 aromatic rings. The van der Waals surface area contributed by atoms with E-state index in [1.807, 2.05) is 37.3 Å². The van der Waals surface area contributed by atoms with Gasteiger partial charge in [0, 0.05) is 37.6 Å². The Bertz CT molecular complexity index is 946. The Morgan fingerprint density at radius 2 is 1.79 bits per heavy atom. The number of benzene rings is 1. The van der Waals surface area contributed by atoms with Crippen LogP contribution in [-0.2, 0) is 19.7 Å². The maximum absolute atomic E-state index is 13.1. The van der Waals surface area contributed by atoms with Crippen LogP contribution in [0.3, 0.4) is 0 Å². The molecule has 8 heteroatoms. The molecule has 0 aliphatic rings. The molecule has 0 spiro atoms. The number of anilines is 1. The summed E-state index contributed by atoms with van der Waals surface area (Å²) in [5.41, 5.74) is 1.89. The number of hydrogen-bond acceptors (Lipinski definition) is 4. The van der Waals surface area contributed by atoms with Gasteiger partial charge in [-0.1, -0.05) is 38.5 Å². The molecule has 0 fully saturated rings. The van der Waals surface area contributed by atoms with E-state index in [2.05, 4.69) is 26.1 Å².